The molecule has 3 rings (SSSR count). The number of nitrogens with zero attached hydrogens (tertiary/aromatic N) is 2. The van der Waals surface area contributed by atoms with Crippen LogP contribution in [0.2, 0.25) is 0 Å². The van der Waals surface area contributed by atoms with Gasteiger partial charge in [0.15, 0.2) is 0 Å². The van der Waals surface area contributed by atoms with Gasteiger partial charge in [0.2, 0.25) is 15.9 Å². The average molecular weight is 399 g/mol. The first-order valence-electron chi connectivity index (χ1n) is 8.86. The van der Waals surface area contributed by atoms with Gasteiger partial charge in [0.1, 0.15) is 6.61 Å². The maximum atomic E-state index is 12.9. The van der Waals surface area contributed by atoms with Crippen molar-refractivity contribution in [2.24, 2.45) is 0 Å². The van der Waals surface area contributed by atoms with Crippen molar-refractivity contribution in [2.45, 2.75) is 4.90 Å². The summed E-state index contributed by atoms with van der Waals surface area (Å²) in [6.45, 7) is 3.79. The van der Waals surface area contributed by atoms with Gasteiger partial charge in [-0.3, -0.25) is 4.79 Å². The van der Waals surface area contributed by atoms with Gasteiger partial charge in [-0.2, -0.15) is 4.31 Å². The Hall–Kier alpha value is -1.72. The quantitative estimate of drug-likeness (QED) is 0.726. The smallest absolute Gasteiger partial charge is 0.250 e. The van der Waals surface area contributed by atoms with Crippen LogP contribution >= 0.6 is 0 Å². The first-order valence-corrected chi connectivity index (χ1v) is 10.3. The minimum absolute atomic E-state index is 0.108. The van der Waals surface area contributed by atoms with Gasteiger partial charge in [0.25, 0.3) is 0 Å². The Bertz CT molecular complexity index is 758. The highest BCUT2D eigenvalue weighted by Crippen LogP contribution is 2.31. The number of nitrogens with one attached hydrogen (secondary N) is 1. The van der Waals surface area contributed by atoms with Crippen LogP contribution in [0.5, 0.6) is 0 Å². The van der Waals surface area contributed by atoms with E-state index in [1.54, 1.807) is 12.1 Å². The summed E-state index contributed by atoms with van der Waals surface area (Å²) in [7, 11) is -2.22. The maximum absolute atomic E-state index is 12.9. The summed E-state index contributed by atoms with van der Waals surface area (Å²) in [5, 5.41) is 2.77. The fourth-order valence-corrected chi connectivity index (χ4v) is 4.54. The topological polar surface area (TPSA) is 97.4 Å². The van der Waals surface area contributed by atoms with Gasteiger partial charge in [0, 0.05) is 33.3 Å². The van der Waals surface area contributed by atoms with Gasteiger partial charge in [0.05, 0.1) is 42.7 Å². The summed E-state index contributed by atoms with van der Waals surface area (Å²) in [6.07, 6.45) is 0. The van der Waals surface area contributed by atoms with E-state index in [0.29, 0.717) is 58.3 Å². The maximum Gasteiger partial charge on any atom is 0.250 e. The third-order valence-corrected chi connectivity index (χ3v) is 6.37. The van der Waals surface area contributed by atoms with E-state index in [1.807, 2.05) is 0 Å². The zero-order chi connectivity index (χ0) is 19.3. The molecule has 9 nitrogen and oxygen atoms in total. The highest BCUT2D eigenvalue weighted by molar-refractivity contribution is 7.89. The highest BCUT2D eigenvalue weighted by atomic mass is 32.2. The van der Waals surface area contributed by atoms with Crippen molar-refractivity contribution >= 4 is 27.3 Å². The molecule has 0 aromatic heterocycles. The second-order valence-corrected chi connectivity index (χ2v) is 8.21. The zero-order valence-electron chi connectivity index (χ0n) is 15.3. The molecule has 2 fully saturated rings. The number of amides is 1. The second kappa shape index (κ2) is 8.98. The Kier molecular flexibility index (Phi) is 6.66. The van der Waals surface area contributed by atoms with Gasteiger partial charge >= 0.3 is 0 Å². The fraction of sp³-hybridized carbons (Fsp3) is 0.588. The number of hydrogen-bond acceptors (Lipinski definition) is 7. The minimum atomic E-state index is -3.65. The lowest BCUT2D eigenvalue weighted by molar-refractivity contribution is -0.119. The molecule has 0 aliphatic carbocycles. The van der Waals surface area contributed by atoms with Crippen LogP contribution < -0.4 is 10.2 Å². The van der Waals surface area contributed by atoms with Crippen molar-refractivity contribution in [3.05, 3.63) is 18.2 Å². The predicted molar refractivity (Wildman–Crippen MR) is 99.6 cm³/mol. The van der Waals surface area contributed by atoms with E-state index in [2.05, 4.69) is 10.2 Å². The normalized spacial score (nSPS) is 19.1. The van der Waals surface area contributed by atoms with E-state index in [4.69, 9.17) is 14.2 Å². The Morgan fingerprint density at radius 2 is 1.74 bits per heavy atom. The molecule has 1 amide bonds. The van der Waals surface area contributed by atoms with Gasteiger partial charge in [-0.1, -0.05) is 0 Å². The lowest BCUT2D eigenvalue weighted by Crippen LogP contribution is -2.40. The van der Waals surface area contributed by atoms with Crippen molar-refractivity contribution in [2.75, 3.05) is 76.5 Å². The molecule has 1 aromatic rings. The molecule has 0 atom stereocenters. The SMILES string of the molecule is COCC(=O)Nc1cc(S(=O)(=O)N2CCOCC2)ccc1N1CCOCC1. The monoisotopic (exact) mass is 399 g/mol. The molecule has 2 saturated heterocycles. The number of hydrogen-bond donors (Lipinski definition) is 1. The zero-order valence-corrected chi connectivity index (χ0v) is 16.2. The van der Waals surface area contributed by atoms with Crippen molar-refractivity contribution in [3.63, 3.8) is 0 Å². The molecule has 1 aromatic carbocycles. The molecule has 2 heterocycles. The third-order valence-electron chi connectivity index (χ3n) is 4.48. The molecule has 0 unspecified atom stereocenters. The number of rotatable bonds is 6. The Balaban J connectivity index is 1.92. The summed E-state index contributed by atoms with van der Waals surface area (Å²) in [5.74, 6) is -0.340. The average Bonchev–Trinajstić information content (AvgIpc) is 2.69. The summed E-state index contributed by atoms with van der Waals surface area (Å²) >= 11 is 0. The number of ether oxygens (including phenoxy) is 3. The summed E-state index contributed by atoms with van der Waals surface area (Å²) in [4.78, 5) is 14.3. The molecule has 0 bridgehead atoms. The number of sulfonamides is 1. The van der Waals surface area contributed by atoms with E-state index < -0.39 is 10.0 Å². The van der Waals surface area contributed by atoms with Gasteiger partial charge in [-0.15, -0.1) is 0 Å². The molecule has 2 aliphatic rings. The first-order chi connectivity index (χ1) is 13.0. The minimum Gasteiger partial charge on any atom is -0.379 e. The van der Waals surface area contributed by atoms with Crippen molar-refractivity contribution in [1.82, 2.24) is 4.31 Å². The van der Waals surface area contributed by atoms with Crippen LogP contribution in [0.4, 0.5) is 11.4 Å². The number of anilines is 2. The molecular formula is C17H25N3O6S. The Labute approximate surface area is 159 Å². The largest absolute Gasteiger partial charge is 0.379 e. The molecule has 0 radical (unpaired) electrons. The molecule has 1 N–H and O–H groups in total. The number of methoxy groups -OCH3 is 1. The number of morpholine rings is 2. The molecule has 0 spiro atoms. The second-order valence-electron chi connectivity index (χ2n) is 6.28. The van der Waals surface area contributed by atoms with Crippen LogP contribution in [-0.2, 0) is 29.0 Å². The first kappa shape index (κ1) is 20.0. The van der Waals surface area contributed by atoms with Crippen LogP contribution in [0.3, 0.4) is 0 Å². The van der Waals surface area contributed by atoms with Crippen LogP contribution in [0.15, 0.2) is 23.1 Å². The number of carbonyl (C=O) groups is 1. The lowest BCUT2D eigenvalue weighted by atomic mass is 10.2. The van der Waals surface area contributed by atoms with Gasteiger partial charge < -0.3 is 24.4 Å². The summed E-state index contributed by atoms with van der Waals surface area (Å²) < 4.78 is 42.8. The Morgan fingerprint density at radius 1 is 1.11 bits per heavy atom. The van der Waals surface area contributed by atoms with Crippen molar-refractivity contribution in [3.8, 4) is 0 Å². The van der Waals surface area contributed by atoms with Gasteiger partial charge in [-0.05, 0) is 18.2 Å². The third kappa shape index (κ3) is 4.77. The van der Waals surface area contributed by atoms with E-state index >= 15 is 0 Å². The number of benzene rings is 1. The molecule has 10 heteroatoms. The molecule has 0 saturated carbocycles. The molecule has 2 aliphatic heterocycles. The Morgan fingerprint density at radius 3 is 2.37 bits per heavy atom. The molecule has 27 heavy (non-hydrogen) atoms. The predicted octanol–water partition coefficient (Wildman–Crippen LogP) is 0.129. The standard InChI is InChI=1S/C17H25N3O6S/c1-24-13-17(21)18-15-12-14(27(22,23)20-6-10-26-11-7-20)2-3-16(15)19-4-8-25-9-5-19/h2-3,12H,4-11,13H2,1H3,(H,18,21). The van der Waals surface area contributed by atoms with E-state index in [9.17, 15) is 13.2 Å². The summed E-state index contributed by atoms with van der Waals surface area (Å²) in [5.41, 5.74) is 1.22. The lowest BCUT2D eigenvalue weighted by Gasteiger charge is -2.31. The van der Waals surface area contributed by atoms with E-state index in [1.165, 1.54) is 17.5 Å². The van der Waals surface area contributed by atoms with E-state index in [-0.39, 0.29) is 17.4 Å². The van der Waals surface area contributed by atoms with Crippen LogP contribution in [0, 0.1) is 0 Å². The molecule has 150 valence electrons. The van der Waals surface area contributed by atoms with Gasteiger partial charge in [-0.25, -0.2) is 8.42 Å². The molecular weight excluding hydrogens is 374 g/mol. The van der Waals surface area contributed by atoms with Crippen LogP contribution in [-0.4, -0.2) is 85.0 Å². The number of carbonyl (C=O) groups excluding carboxylic acids is 1. The van der Waals surface area contributed by atoms with E-state index in [0.717, 1.165) is 5.69 Å². The fourth-order valence-electron chi connectivity index (χ4n) is 3.11. The summed E-state index contributed by atoms with van der Waals surface area (Å²) in [6, 6.07) is 4.84. The highest BCUT2D eigenvalue weighted by Gasteiger charge is 2.28. The van der Waals surface area contributed by atoms with Crippen molar-refractivity contribution in [1.29, 1.82) is 0 Å². The van der Waals surface area contributed by atoms with Crippen LogP contribution in [0.1, 0.15) is 0 Å². The van der Waals surface area contributed by atoms with Crippen LogP contribution in [0.25, 0.3) is 0 Å². The van der Waals surface area contributed by atoms with Crippen molar-refractivity contribution < 1.29 is 27.4 Å².